The van der Waals surface area contributed by atoms with E-state index >= 15 is 0 Å². The molecule has 1 aromatic carbocycles. The Kier molecular flexibility index (Phi) is 5.70. The average molecular weight is 475 g/mol. The number of ether oxygens (including phenoxy) is 4. The summed E-state index contributed by atoms with van der Waals surface area (Å²) >= 11 is 0. The van der Waals surface area contributed by atoms with E-state index < -0.39 is 0 Å². The molecule has 2 fully saturated rings. The van der Waals surface area contributed by atoms with E-state index in [2.05, 4.69) is 25.9 Å². The van der Waals surface area contributed by atoms with Crippen molar-refractivity contribution in [2.75, 3.05) is 46.6 Å². The van der Waals surface area contributed by atoms with Gasteiger partial charge in [-0.25, -0.2) is 4.98 Å². The van der Waals surface area contributed by atoms with Gasteiger partial charge in [-0.3, -0.25) is 4.98 Å². The second-order valence-corrected chi connectivity index (χ2v) is 9.75. The molecular formula is C27H30N4O4. The number of likely N-dealkylation sites (tertiary alicyclic amines) is 1. The fraction of sp³-hybridized carbons (Fsp3) is 0.407. The van der Waals surface area contributed by atoms with E-state index in [9.17, 15) is 0 Å². The Morgan fingerprint density at radius 2 is 1.94 bits per heavy atom. The van der Waals surface area contributed by atoms with Crippen LogP contribution in [-0.4, -0.2) is 66.4 Å². The summed E-state index contributed by atoms with van der Waals surface area (Å²) < 4.78 is 23.3. The largest absolute Gasteiger partial charge is 0.493 e. The molecular weight excluding hydrogens is 444 g/mol. The molecule has 2 aliphatic heterocycles. The van der Waals surface area contributed by atoms with Crippen LogP contribution in [0.25, 0.3) is 21.9 Å². The third-order valence-electron chi connectivity index (χ3n) is 6.86. The molecule has 182 valence electrons. The molecule has 0 radical (unpaired) electrons. The van der Waals surface area contributed by atoms with Crippen LogP contribution in [0, 0.1) is 12.3 Å². The average Bonchev–Trinajstić information content (AvgIpc) is 3.17. The van der Waals surface area contributed by atoms with E-state index in [0.717, 1.165) is 60.2 Å². The molecule has 1 spiro atoms. The lowest BCUT2D eigenvalue weighted by Crippen LogP contribution is -2.65. The van der Waals surface area contributed by atoms with Crippen molar-refractivity contribution < 1.29 is 18.9 Å². The minimum atomic E-state index is 0.481. The van der Waals surface area contributed by atoms with Gasteiger partial charge in [0, 0.05) is 47.2 Å². The van der Waals surface area contributed by atoms with Crippen LogP contribution in [0.2, 0.25) is 0 Å². The van der Waals surface area contributed by atoms with Crippen LogP contribution >= 0.6 is 0 Å². The highest BCUT2D eigenvalue weighted by Gasteiger charge is 2.48. The van der Waals surface area contributed by atoms with Crippen molar-refractivity contribution in [1.82, 2.24) is 19.9 Å². The molecule has 0 bridgehead atoms. The Morgan fingerprint density at radius 1 is 1.06 bits per heavy atom. The minimum absolute atomic E-state index is 0.481. The smallest absolute Gasteiger partial charge is 0.163 e. The van der Waals surface area contributed by atoms with E-state index in [0.29, 0.717) is 35.0 Å². The van der Waals surface area contributed by atoms with Crippen molar-refractivity contribution in [2.24, 2.45) is 5.41 Å². The summed E-state index contributed by atoms with van der Waals surface area (Å²) in [7, 11) is 1.65. The number of fused-ring (bicyclic) bond motifs is 2. The molecule has 2 saturated heterocycles. The molecule has 8 nitrogen and oxygen atoms in total. The highest BCUT2D eigenvalue weighted by molar-refractivity contribution is 5.88. The van der Waals surface area contributed by atoms with Gasteiger partial charge in [0.05, 0.1) is 38.6 Å². The lowest BCUT2D eigenvalue weighted by molar-refractivity contribution is -0.188. The number of aryl methyl sites for hydroxylation is 1. The normalized spacial score (nSPS) is 16.9. The van der Waals surface area contributed by atoms with Crippen molar-refractivity contribution in [3.8, 4) is 23.0 Å². The van der Waals surface area contributed by atoms with E-state index in [-0.39, 0.29) is 0 Å². The van der Waals surface area contributed by atoms with Gasteiger partial charge < -0.3 is 28.8 Å². The summed E-state index contributed by atoms with van der Waals surface area (Å²) in [4.78, 5) is 14.7. The standard InChI is InChI=1S/C27H30N4O4/c1-18-9-19-10-20(13-29-26(19)30-18)35-23-5-6-28-22-12-25(24(32-2)11-21(22)23)34-8-4-3-7-31-14-27(15-31)16-33-17-27/h5-6,9-13H,3-4,7-8,14-17H2,1-2H3,(H,29,30). The van der Waals surface area contributed by atoms with Gasteiger partial charge in [-0.05, 0) is 50.6 Å². The molecule has 0 aliphatic carbocycles. The third kappa shape index (κ3) is 4.39. The number of aromatic nitrogens is 3. The number of nitrogens with one attached hydrogen (secondary N) is 1. The Bertz CT molecular complexity index is 1360. The van der Waals surface area contributed by atoms with Gasteiger partial charge in [0.1, 0.15) is 17.1 Å². The van der Waals surface area contributed by atoms with Crippen LogP contribution in [0.3, 0.4) is 0 Å². The number of pyridine rings is 2. The maximum atomic E-state index is 6.20. The fourth-order valence-corrected chi connectivity index (χ4v) is 5.06. The molecule has 0 saturated carbocycles. The number of aromatic amines is 1. The number of rotatable bonds is 9. The fourth-order valence-electron chi connectivity index (χ4n) is 5.06. The van der Waals surface area contributed by atoms with E-state index in [4.69, 9.17) is 18.9 Å². The first kappa shape index (κ1) is 22.1. The van der Waals surface area contributed by atoms with Gasteiger partial charge >= 0.3 is 0 Å². The lowest BCUT2D eigenvalue weighted by Gasteiger charge is -2.55. The first-order valence-corrected chi connectivity index (χ1v) is 12.1. The summed E-state index contributed by atoms with van der Waals surface area (Å²) in [6.45, 7) is 8.00. The van der Waals surface area contributed by atoms with E-state index in [1.165, 1.54) is 13.1 Å². The van der Waals surface area contributed by atoms with Crippen molar-refractivity contribution in [3.63, 3.8) is 0 Å². The summed E-state index contributed by atoms with van der Waals surface area (Å²) in [5.74, 6) is 2.73. The quantitative estimate of drug-likeness (QED) is 0.352. The van der Waals surface area contributed by atoms with Gasteiger partial charge in [-0.15, -0.1) is 0 Å². The first-order chi connectivity index (χ1) is 17.1. The Morgan fingerprint density at radius 3 is 2.74 bits per heavy atom. The number of unbranched alkanes of at least 4 members (excludes halogenated alkanes) is 1. The van der Waals surface area contributed by atoms with Crippen molar-refractivity contribution >= 4 is 21.9 Å². The number of methoxy groups -OCH3 is 1. The first-order valence-electron chi connectivity index (χ1n) is 12.1. The van der Waals surface area contributed by atoms with Gasteiger partial charge in [-0.2, -0.15) is 0 Å². The highest BCUT2D eigenvalue weighted by atomic mass is 16.5. The number of nitrogens with zero attached hydrogens (tertiary/aromatic N) is 3. The van der Waals surface area contributed by atoms with E-state index in [1.807, 2.05) is 31.2 Å². The Hall–Kier alpha value is -3.36. The lowest BCUT2D eigenvalue weighted by atomic mass is 9.78. The van der Waals surface area contributed by atoms with E-state index in [1.54, 1.807) is 19.5 Å². The third-order valence-corrected chi connectivity index (χ3v) is 6.86. The number of H-pyrrole nitrogens is 1. The number of benzene rings is 1. The van der Waals surface area contributed by atoms with Crippen LogP contribution in [0.5, 0.6) is 23.0 Å². The maximum Gasteiger partial charge on any atom is 0.163 e. The molecule has 5 heterocycles. The maximum absolute atomic E-state index is 6.20. The molecule has 8 heteroatoms. The highest BCUT2D eigenvalue weighted by Crippen LogP contribution is 2.38. The Balaban J connectivity index is 1.11. The van der Waals surface area contributed by atoms with Crippen LogP contribution < -0.4 is 14.2 Å². The SMILES string of the molecule is COc1cc2c(Oc3cnc4[nH]c(C)cc4c3)ccnc2cc1OCCCCN1CC2(COC2)C1. The number of hydrogen-bond acceptors (Lipinski definition) is 7. The van der Waals surface area contributed by atoms with Crippen molar-refractivity contribution in [1.29, 1.82) is 0 Å². The second-order valence-electron chi connectivity index (χ2n) is 9.75. The molecule has 3 aromatic heterocycles. The van der Waals surface area contributed by atoms with Gasteiger partial charge in [0.15, 0.2) is 11.5 Å². The molecule has 2 aliphatic rings. The van der Waals surface area contributed by atoms with Gasteiger partial charge in [0.2, 0.25) is 0 Å². The van der Waals surface area contributed by atoms with Crippen LogP contribution in [-0.2, 0) is 4.74 Å². The molecule has 6 rings (SSSR count). The summed E-state index contributed by atoms with van der Waals surface area (Å²) in [5, 5.41) is 1.87. The Labute approximate surface area is 204 Å². The molecule has 0 atom stereocenters. The topological polar surface area (TPSA) is 81.7 Å². The minimum Gasteiger partial charge on any atom is -0.493 e. The second kappa shape index (κ2) is 9.02. The zero-order valence-corrected chi connectivity index (χ0v) is 20.2. The molecule has 0 unspecified atom stereocenters. The molecule has 4 aromatic rings. The van der Waals surface area contributed by atoms with Crippen molar-refractivity contribution in [3.05, 3.63) is 48.4 Å². The van der Waals surface area contributed by atoms with Crippen LogP contribution in [0.15, 0.2) is 42.7 Å². The monoisotopic (exact) mass is 474 g/mol. The predicted octanol–water partition coefficient (Wildman–Crippen LogP) is 4.71. The molecule has 35 heavy (non-hydrogen) atoms. The summed E-state index contributed by atoms with van der Waals surface area (Å²) in [6.07, 6.45) is 5.57. The zero-order chi connectivity index (χ0) is 23.8. The zero-order valence-electron chi connectivity index (χ0n) is 20.2. The van der Waals surface area contributed by atoms with Crippen LogP contribution in [0.4, 0.5) is 0 Å². The summed E-state index contributed by atoms with van der Waals surface area (Å²) in [6, 6.07) is 9.74. The van der Waals surface area contributed by atoms with Crippen molar-refractivity contribution in [2.45, 2.75) is 19.8 Å². The number of hydrogen-bond donors (Lipinski definition) is 1. The van der Waals surface area contributed by atoms with Gasteiger partial charge in [-0.1, -0.05) is 0 Å². The molecule has 1 N–H and O–H groups in total. The molecule has 0 amide bonds. The summed E-state index contributed by atoms with van der Waals surface area (Å²) in [5.41, 5.74) is 3.18. The predicted molar refractivity (Wildman–Crippen MR) is 134 cm³/mol. The van der Waals surface area contributed by atoms with Crippen LogP contribution in [0.1, 0.15) is 18.5 Å². The van der Waals surface area contributed by atoms with Gasteiger partial charge in [0.25, 0.3) is 0 Å².